The molecule has 9 nitrogen and oxygen atoms in total. The van der Waals surface area contributed by atoms with E-state index in [4.69, 9.17) is 19.8 Å². The van der Waals surface area contributed by atoms with Gasteiger partial charge in [0.05, 0.1) is 0 Å². The van der Waals surface area contributed by atoms with Gasteiger partial charge in [0.2, 0.25) is 0 Å². The van der Waals surface area contributed by atoms with Crippen LogP contribution in [0.15, 0.2) is 36.2 Å². The van der Waals surface area contributed by atoms with E-state index in [2.05, 4.69) is 38.1 Å². The molecule has 0 amide bonds. The van der Waals surface area contributed by atoms with Crippen molar-refractivity contribution >= 4 is 34.7 Å². The number of halogens is 6. The van der Waals surface area contributed by atoms with Crippen molar-refractivity contribution in [1.82, 2.24) is 19.3 Å². The highest BCUT2D eigenvalue weighted by atomic mass is 32.1. The molecule has 0 atom stereocenters. The lowest BCUT2D eigenvalue weighted by Crippen LogP contribution is -2.46. The molecule has 0 radical (unpaired) electrons. The normalized spacial score (nSPS) is 14.5. The number of piperazine rings is 1. The first-order chi connectivity index (χ1) is 16.7. The van der Waals surface area contributed by atoms with E-state index in [0.717, 1.165) is 44.2 Å². The number of nitrogens with zero attached hydrogens (tertiary/aromatic N) is 5. The fourth-order valence-corrected chi connectivity index (χ4v) is 3.90. The molecule has 16 heteroatoms. The Morgan fingerprint density at radius 3 is 1.89 bits per heavy atom. The molecular formula is C20H21F6N5O4S. The third kappa shape index (κ3) is 8.37. The Morgan fingerprint density at radius 2 is 1.44 bits per heavy atom. The highest BCUT2D eigenvalue weighted by Gasteiger charge is 2.38. The Balaban J connectivity index is 0.000000271. The second-order valence-corrected chi connectivity index (χ2v) is 8.31. The van der Waals surface area contributed by atoms with Gasteiger partial charge in [-0.2, -0.15) is 26.3 Å². The maximum atomic E-state index is 10.6. The monoisotopic (exact) mass is 541 g/mol. The van der Waals surface area contributed by atoms with Crippen LogP contribution in [0.25, 0.3) is 5.65 Å². The Labute approximate surface area is 204 Å². The van der Waals surface area contributed by atoms with Gasteiger partial charge in [-0.3, -0.25) is 4.90 Å². The summed E-state index contributed by atoms with van der Waals surface area (Å²) in [4.78, 5) is 33.1. The molecule has 0 aliphatic carbocycles. The van der Waals surface area contributed by atoms with E-state index in [1.165, 1.54) is 10.4 Å². The molecule has 3 aromatic heterocycles. The quantitative estimate of drug-likeness (QED) is 0.483. The average Bonchev–Trinajstić information content (AvgIpc) is 3.43. The van der Waals surface area contributed by atoms with Crippen molar-refractivity contribution in [2.45, 2.75) is 25.8 Å². The molecule has 0 unspecified atom stereocenters. The molecule has 36 heavy (non-hydrogen) atoms. The van der Waals surface area contributed by atoms with Crippen LogP contribution >= 0.6 is 11.3 Å². The highest BCUT2D eigenvalue weighted by Crippen LogP contribution is 2.22. The molecule has 0 saturated carbocycles. The molecule has 1 saturated heterocycles. The summed E-state index contributed by atoms with van der Waals surface area (Å²) in [6.07, 6.45) is -2.57. The SMILES string of the molecule is Cc1ccsc1CN1CCN(c2nccn3ccnc23)CC1.O=C(O)C(F)(F)F.O=C(O)C(F)(F)F. The van der Waals surface area contributed by atoms with Crippen molar-refractivity contribution in [3.63, 3.8) is 0 Å². The zero-order valence-electron chi connectivity index (χ0n) is 18.6. The van der Waals surface area contributed by atoms with E-state index >= 15 is 0 Å². The lowest BCUT2D eigenvalue weighted by Gasteiger charge is -2.35. The van der Waals surface area contributed by atoms with Gasteiger partial charge in [0.25, 0.3) is 0 Å². The highest BCUT2D eigenvalue weighted by molar-refractivity contribution is 7.10. The predicted molar refractivity (Wildman–Crippen MR) is 117 cm³/mol. The van der Waals surface area contributed by atoms with Crippen LogP contribution in [0.5, 0.6) is 0 Å². The number of hydrogen-bond donors (Lipinski definition) is 2. The Morgan fingerprint density at radius 1 is 0.944 bits per heavy atom. The number of rotatable bonds is 3. The number of imidazole rings is 1. The third-order valence-corrected chi connectivity index (χ3v) is 5.79. The number of anilines is 1. The molecule has 0 bridgehead atoms. The molecule has 4 heterocycles. The summed E-state index contributed by atoms with van der Waals surface area (Å²) in [5.74, 6) is -4.51. The average molecular weight is 541 g/mol. The standard InChI is InChI=1S/C16H19N5S.2C2HF3O2/c1-13-2-11-22-14(13)12-19-7-9-21(10-8-19)16-15-17-3-5-20(15)6-4-18-16;2*3-2(4,5)1(6)7/h2-6,11H,7-10,12H2,1H3;2*(H,6,7). The van der Waals surface area contributed by atoms with Gasteiger partial charge in [-0.15, -0.1) is 11.3 Å². The van der Waals surface area contributed by atoms with Crippen LogP contribution in [0, 0.1) is 6.92 Å². The minimum Gasteiger partial charge on any atom is -0.475 e. The lowest BCUT2D eigenvalue weighted by atomic mass is 10.2. The number of hydrogen-bond acceptors (Lipinski definition) is 7. The van der Waals surface area contributed by atoms with E-state index in [1.807, 2.05) is 40.5 Å². The molecule has 0 spiro atoms. The number of thiophene rings is 1. The summed E-state index contributed by atoms with van der Waals surface area (Å²) in [5, 5.41) is 16.4. The van der Waals surface area contributed by atoms with Gasteiger partial charge in [-0.25, -0.2) is 19.6 Å². The van der Waals surface area contributed by atoms with Crippen molar-refractivity contribution in [3.05, 3.63) is 46.7 Å². The summed E-state index contributed by atoms with van der Waals surface area (Å²) in [6.45, 7) is 7.42. The number of carboxylic acids is 2. The second-order valence-electron chi connectivity index (χ2n) is 7.30. The smallest absolute Gasteiger partial charge is 0.475 e. The second kappa shape index (κ2) is 12.0. The first kappa shape index (κ1) is 28.8. The van der Waals surface area contributed by atoms with Gasteiger partial charge in [0.15, 0.2) is 11.5 Å². The first-order valence-corrected chi connectivity index (χ1v) is 11.0. The summed E-state index contributed by atoms with van der Waals surface area (Å²) in [6, 6.07) is 2.21. The van der Waals surface area contributed by atoms with Crippen molar-refractivity contribution in [2.75, 3.05) is 31.1 Å². The van der Waals surface area contributed by atoms with Gasteiger partial charge in [-0.05, 0) is 23.9 Å². The van der Waals surface area contributed by atoms with Crippen molar-refractivity contribution in [1.29, 1.82) is 0 Å². The number of carbonyl (C=O) groups is 2. The zero-order valence-corrected chi connectivity index (χ0v) is 19.4. The van der Waals surface area contributed by atoms with E-state index in [9.17, 15) is 26.3 Å². The Kier molecular flexibility index (Phi) is 9.63. The molecule has 2 N–H and O–H groups in total. The molecule has 4 rings (SSSR count). The summed E-state index contributed by atoms with van der Waals surface area (Å²) >= 11 is 1.86. The topological polar surface area (TPSA) is 111 Å². The summed E-state index contributed by atoms with van der Waals surface area (Å²) in [7, 11) is 0. The summed E-state index contributed by atoms with van der Waals surface area (Å²) in [5.41, 5.74) is 2.36. The van der Waals surface area contributed by atoms with Crippen LogP contribution in [-0.4, -0.2) is 80.0 Å². The number of fused-ring (bicyclic) bond motifs is 1. The fraction of sp³-hybridized carbons (Fsp3) is 0.400. The zero-order chi connectivity index (χ0) is 27.1. The Hall–Kier alpha value is -3.40. The van der Waals surface area contributed by atoms with Crippen LogP contribution in [0.2, 0.25) is 0 Å². The van der Waals surface area contributed by atoms with Crippen LogP contribution < -0.4 is 4.90 Å². The largest absolute Gasteiger partial charge is 0.490 e. The molecular weight excluding hydrogens is 520 g/mol. The summed E-state index contributed by atoms with van der Waals surface area (Å²) < 4.78 is 65.5. The third-order valence-electron chi connectivity index (χ3n) is 4.78. The number of aryl methyl sites for hydroxylation is 1. The van der Waals surface area contributed by atoms with E-state index < -0.39 is 24.3 Å². The van der Waals surface area contributed by atoms with Gasteiger partial charge in [-0.1, -0.05) is 0 Å². The molecule has 3 aromatic rings. The fourth-order valence-electron chi connectivity index (χ4n) is 2.95. The number of aliphatic carboxylic acids is 2. The molecule has 1 aliphatic rings. The van der Waals surface area contributed by atoms with Crippen molar-refractivity contribution in [2.24, 2.45) is 0 Å². The van der Waals surface area contributed by atoms with Crippen LogP contribution in [0.3, 0.4) is 0 Å². The predicted octanol–water partition coefficient (Wildman–Crippen LogP) is 3.69. The lowest BCUT2D eigenvalue weighted by molar-refractivity contribution is -0.193. The molecule has 1 fully saturated rings. The van der Waals surface area contributed by atoms with Gasteiger partial charge in [0.1, 0.15) is 0 Å². The minimum atomic E-state index is -5.08. The molecule has 0 aromatic carbocycles. The van der Waals surface area contributed by atoms with Crippen molar-refractivity contribution in [3.8, 4) is 0 Å². The van der Waals surface area contributed by atoms with E-state index in [1.54, 1.807) is 0 Å². The Bertz CT molecular complexity index is 1130. The number of alkyl halides is 6. The first-order valence-electron chi connectivity index (χ1n) is 10.1. The molecule has 1 aliphatic heterocycles. The minimum absolute atomic E-state index is 0.949. The number of aromatic nitrogens is 3. The van der Waals surface area contributed by atoms with Gasteiger partial charge < -0.3 is 19.5 Å². The van der Waals surface area contributed by atoms with E-state index in [0.29, 0.717) is 0 Å². The maximum Gasteiger partial charge on any atom is 0.490 e. The van der Waals surface area contributed by atoms with Crippen LogP contribution in [-0.2, 0) is 16.1 Å². The van der Waals surface area contributed by atoms with Gasteiger partial charge >= 0.3 is 24.3 Å². The van der Waals surface area contributed by atoms with Crippen LogP contribution in [0.4, 0.5) is 32.2 Å². The maximum absolute atomic E-state index is 10.6. The van der Waals surface area contributed by atoms with Crippen LogP contribution in [0.1, 0.15) is 10.4 Å². The van der Waals surface area contributed by atoms with E-state index in [-0.39, 0.29) is 0 Å². The number of carboxylic acid groups (broad SMARTS) is 2. The molecule has 198 valence electrons. The van der Waals surface area contributed by atoms with Crippen molar-refractivity contribution < 1.29 is 46.1 Å². The van der Waals surface area contributed by atoms with Gasteiger partial charge in [0, 0.05) is 62.4 Å².